The molecule has 2 aromatic carbocycles. The van der Waals surface area contributed by atoms with Crippen molar-refractivity contribution in [3.63, 3.8) is 0 Å². The first kappa shape index (κ1) is 13.9. The molecule has 2 aromatic rings. The van der Waals surface area contributed by atoms with Gasteiger partial charge in [0.25, 0.3) is 0 Å². The molecule has 0 radical (unpaired) electrons. The van der Waals surface area contributed by atoms with E-state index < -0.39 is 5.82 Å². The molecule has 0 aliphatic carbocycles. The number of hydrogen-bond acceptors (Lipinski definition) is 3. The Morgan fingerprint density at radius 2 is 1.85 bits per heavy atom. The van der Waals surface area contributed by atoms with Crippen molar-refractivity contribution in [2.24, 2.45) is 0 Å². The highest BCUT2D eigenvalue weighted by Crippen LogP contribution is 2.15. The number of hydrogen-bond donors (Lipinski definition) is 2. The molecule has 3 N–H and O–H groups in total. The maximum absolute atomic E-state index is 13.4. The van der Waals surface area contributed by atoms with E-state index in [4.69, 9.17) is 5.73 Å². The summed E-state index contributed by atoms with van der Waals surface area (Å²) in [5.74, 6) is -0.731. The fraction of sp³-hybridized carbons (Fsp3) is 0.133. The van der Waals surface area contributed by atoms with Gasteiger partial charge >= 0.3 is 0 Å². The van der Waals surface area contributed by atoms with Gasteiger partial charge in [-0.2, -0.15) is 0 Å². The van der Waals surface area contributed by atoms with Crippen LogP contribution in [0.3, 0.4) is 0 Å². The quantitative estimate of drug-likeness (QED) is 0.841. The van der Waals surface area contributed by atoms with E-state index in [0.29, 0.717) is 5.69 Å². The molecule has 0 saturated carbocycles. The summed E-state index contributed by atoms with van der Waals surface area (Å²) in [6, 6.07) is 13.3. The van der Waals surface area contributed by atoms with Gasteiger partial charge in [-0.1, -0.05) is 12.1 Å². The van der Waals surface area contributed by atoms with Gasteiger partial charge < -0.3 is 16.0 Å². The fourth-order valence-corrected chi connectivity index (χ4v) is 1.79. The molecule has 4 nitrogen and oxygen atoms in total. The van der Waals surface area contributed by atoms with Crippen LogP contribution in [0.25, 0.3) is 0 Å². The zero-order valence-corrected chi connectivity index (χ0v) is 11.1. The SMILES string of the molecule is CN(CC(=O)Nc1ccccc1F)c1ccc(N)cc1. The van der Waals surface area contributed by atoms with Crippen LogP contribution in [0.2, 0.25) is 0 Å². The molecular weight excluding hydrogens is 257 g/mol. The Morgan fingerprint density at radius 1 is 1.20 bits per heavy atom. The number of likely N-dealkylation sites (N-methyl/N-ethyl adjacent to an activating group) is 1. The van der Waals surface area contributed by atoms with Crippen molar-refractivity contribution in [2.45, 2.75) is 0 Å². The van der Waals surface area contributed by atoms with E-state index in [1.165, 1.54) is 12.1 Å². The average molecular weight is 273 g/mol. The number of anilines is 3. The van der Waals surface area contributed by atoms with Gasteiger partial charge in [0.15, 0.2) is 0 Å². The lowest BCUT2D eigenvalue weighted by atomic mass is 10.2. The van der Waals surface area contributed by atoms with E-state index >= 15 is 0 Å². The Labute approximate surface area is 117 Å². The molecule has 20 heavy (non-hydrogen) atoms. The summed E-state index contributed by atoms with van der Waals surface area (Å²) in [4.78, 5) is 13.6. The molecule has 0 heterocycles. The average Bonchev–Trinajstić information content (AvgIpc) is 2.42. The zero-order chi connectivity index (χ0) is 14.5. The monoisotopic (exact) mass is 273 g/mol. The second-order valence-electron chi connectivity index (χ2n) is 4.48. The van der Waals surface area contributed by atoms with Crippen molar-refractivity contribution in [3.05, 3.63) is 54.3 Å². The van der Waals surface area contributed by atoms with E-state index in [1.807, 2.05) is 12.1 Å². The van der Waals surface area contributed by atoms with Crippen molar-refractivity contribution >= 4 is 23.0 Å². The minimum atomic E-state index is -0.448. The summed E-state index contributed by atoms with van der Waals surface area (Å²) in [6.45, 7) is 0.123. The standard InChI is InChI=1S/C15H16FN3O/c1-19(12-8-6-11(17)7-9-12)10-15(20)18-14-5-3-2-4-13(14)16/h2-9H,10,17H2,1H3,(H,18,20). The maximum atomic E-state index is 13.4. The van der Waals surface area contributed by atoms with Crippen LogP contribution in [0.4, 0.5) is 21.5 Å². The van der Waals surface area contributed by atoms with Gasteiger partial charge in [-0.15, -0.1) is 0 Å². The summed E-state index contributed by atoms with van der Waals surface area (Å²) < 4.78 is 13.4. The molecule has 0 saturated heterocycles. The van der Waals surface area contributed by atoms with Crippen LogP contribution >= 0.6 is 0 Å². The third-order valence-corrected chi connectivity index (χ3v) is 2.86. The molecule has 0 unspecified atom stereocenters. The first-order chi connectivity index (χ1) is 9.56. The lowest BCUT2D eigenvalue weighted by Gasteiger charge is -2.19. The van der Waals surface area contributed by atoms with Gasteiger partial charge in [0, 0.05) is 18.4 Å². The molecule has 0 aromatic heterocycles. The van der Waals surface area contributed by atoms with Gasteiger partial charge in [-0.05, 0) is 36.4 Å². The first-order valence-electron chi connectivity index (χ1n) is 6.17. The Kier molecular flexibility index (Phi) is 4.20. The summed E-state index contributed by atoms with van der Waals surface area (Å²) in [7, 11) is 1.78. The molecule has 0 atom stereocenters. The molecule has 5 heteroatoms. The van der Waals surface area contributed by atoms with Gasteiger partial charge in [0.1, 0.15) is 5.82 Å². The number of nitrogen functional groups attached to an aromatic ring is 1. The lowest BCUT2D eigenvalue weighted by molar-refractivity contribution is -0.114. The van der Waals surface area contributed by atoms with Crippen molar-refractivity contribution in [1.29, 1.82) is 0 Å². The summed E-state index contributed by atoms with van der Waals surface area (Å²) in [5, 5.41) is 2.54. The van der Waals surface area contributed by atoms with Crippen LogP contribution in [-0.4, -0.2) is 19.5 Å². The molecule has 0 aliphatic heterocycles. The third kappa shape index (κ3) is 3.47. The summed E-state index contributed by atoms with van der Waals surface area (Å²) >= 11 is 0. The molecule has 2 rings (SSSR count). The number of carbonyl (C=O) groups is 1. The summed E-state index contributed by atoms with van der Waals surface area (Å²) in [6.07, 6.45) is 0. The number of halogens is 1. The summed E-state index contributed by atoms with van der Waals surface area (Å²) in [5.41, 5.74) is 7.32. The van der Waals surface area contributed by atoms with Crippen LogP contribution in [0, 0.1) is 5.82 Å². The van der Waals surface area contributed by atoms with Crippen molar-refractivity contribution in [1.82, 2.24) is 0 Å². The van der Waals surface area contributed by atoms with Crippen LogP contribution in [-0.2, 0) is 4.79 Å². The van der Waals surface area contributed by atoms with E-state index in [9.17, 15) is 9.18 Å². The molecule has 1 amide bonds. The molecule has 0 bridgehead atoms. The predicted molar refractivity (Wildman–Crippen MR) is 79.2 cm³/mol. The number of nitrogens with one attached hydrogen (secondary N) is 1. The second-order valence-corrected chi connectivity index (χ2v) is 4.48. The van der Waals surface area contributed by atoms with Gasteiger partial charge in [0.05, 0.1) is 12.2 Å². The molecular formula is C15H16FN3O. The second kappa shape index (κ2) is 6.06. The first-order valence-corrected chi connectivity index (χ1v) is 6.17. The molecule has 0 fully saturated rings. The minimum Gasteiger partial charge on any atom is -0.399 e. The van der Waals surface area contributed by atoms with Crippen LogP contribution in [0.1, 0.15) is 0 Å². The number of para-hydroxylation sites is 1. The van der Waals surface area contributed by atoms with E-state index in [1.54, 1.807) is 36.2 Å². The Morgan fingerprint density at radius 3 is 2.50 bits per heavy atom. The van der Waals surface area contributed by atoms with E-state index in [2.05, 4.69) is 5.32 Å². The van der Waals surface area contributed by atoms with Crippen LogP contribution < -0.4 is 16.0 Å². The molecule has 0 aliphatic rings. The maximum Gasteiger partial charge on any atom is 0.243 e. The lowest BCUT2D eigenvalue weighted by Crippen LogP contribution is -2.30. The number of nitrogens with two attached hydrogens (primary N) is 1. The smallest absolute Gasteiger partial charge is 0.243 e. The Bertz CT molecular complexity index is 598. The highest BCUT2D eigenvalue weighted by molar-refractivity contribution is 5.94. The van der Waals surface area contributed by atoms with Crippen molar-refractivity contribution in [2.75, 3.05) is 29.5 Å². The number of nitrogens with zero attached hydrogens (tertiary/aromatic N) is 1. The number of benzene rings is 2. The normalized spacial score (nSPS) is 10.1. The van der Waals surface area contributed by atoms with Crippen LogP contribution in [0.15, 0.2) is 48.5 Å². The third-order valence-electron chi connectivity index (χ3n) is 2.86. The molecule has 0 spiro atoms. The zero-order valence-electron chi connectivity index (χ0n) is 11.1. The largest absolute Gasteiger partial charge is 0.399 e. The molecule has 104 valence electrons. The number of rotatable bonds is 4. The van der Waals surface area contributed by atoms with Gasteiger partial charge in [-0.25, -0.2) is 4.39 Å². The van der Waals surface area contributed by atoms with E-state index in [-0.39, 0.29) is 18.1 Å². The van der Waals surface area contributed by atoms with Crippen LogP contribution in [0.5, 0.6) is 0 Å². The van der Waals surface area contributed by atoms with Gasteiger partial charge in [0.2, 0.25) is 5.91 Å². The highest BCUT2D eigenvalue weighted by Gasteiger charge is 2.09. The van der Waals surface area contributed by atoms with E-state index in [0.717, 1.165) is 5.69 Å². The number of carbonyl (C=O) groups excluding carboxylic acids is 1. The van der Waals surface area contributed by atoms with Crippen molar-refractivity contribution < 1.29 is 9.18 Å². The van der Waals surface area contributed by atoms with Gasteiger partial charge in [-0.3, -0.25) is 4.79 Å². The fourth-order valence-electron chi connectivity index (χ4n) is 1.79. The Hall–Kier alpha value is -2.56. The predicted octanol–water partition coefficient (Wildman–Crippen LogP) is 2.48. The number of amides is 1. The minimum absolute atomic E-state index is 0.123. The highest BCUT2D eigenvalue weighted by atomic mass is 19.1. The Balaban J connectivity index is 1.98. The van der Waals surface area contributed by atoms with Crippen molar-refractivity contribution in [3.8, 4) is 0 Å². The topological polar surface area (TPSA) is 58.4 Å².